The largest absolute Gasteiger partial charge is 0.377 e. The molecule has 28 heavy (non-hydrogen) atoms. The average molecular weight is 386 g/mol. The molecule has 1 unspecified atom stereocenters. The van der Waals surface area contributed by atoms with Crippen molar-refractivity contribution in [3.63, 3.8) is 0 Å². The highest BCUT2D eigenvalue weighted by Crippen LogP contribution is 2.48. The lowest BCUT2D eigenvalue weighted by Crippen LogP contribution is -2.48. The molecular formula is C20H27FN6O. The molecule has 0 spiro atoms. The zero-order valence-electron chi connectivity index (χ0n) is 16.4. The van der Waals surface area contributed by atoms with E-state index in [1.54, 1.807) is 20.2 Å². The molecule has 2 aliphatic rings. The number of fused-ring (bicyclic) bond motifs is 1. The van der Waals surface area contributed by atoms with Gasteiger partial charge in [0.1, 0.15) is 18.2 Å². The number of halogens is 1. The Morgan fingerprint density at radius 2 is 2.21 bits per heavy atom. The van der Waals surface area contributed by atoms with Crippen LogP contribution in [0.2, 0.25) is 0 Å². The fraction of sp³-hybridized carbons (Fsp3) is 0.550. The van der Waals surface area contributed by atoms with Gasteiger partial charge in [-0.1, -0.05) is 18.2 Å². The number of methoxy groups -OCH3 is 1. The number of nitrogens with zero attached hydrogens (tertiary/aromatic N) is 4. The smallest absolute Gasteiger partial charge is 0.191 e. The van der Waals surface area contributed by atoms with Crippen LogP contribution in [0, 0.1) is 5.82 Å². The molecule has 1 aliphatic heterocycles. The van der Waals surface area contributed by atoms with Gasteiger partial charge in [0.2, 0.25) is 0 Å². The highest BCUT2D eigenvalue weighted by molar-refractivity contribution is 5.80. The minimum absolute atomic E-state index is 0.121. The second kappa shape index (κ2) is 7.87. The number of rotatable bonds is 6. The van der Waals surface area contributed by atoms with Gasteiger partial charge in [0.05, 0.1) is 6.54 Å². The molecule has 1 aromatic heterocycles. The van der Waals surface area contributed by atoms with Crippen molar-refractivity contribution in [3.8, 4) is 0 Å². The molecule has 8 heteroatoms. The van der Waals surface area contributed by atoms with E-state index in [9.17, 15) is 4.39 Å². The summed E-state index contributed by atoms with van der Waals surface area (Å²) in [5.41, 5.74) is 0.678. The van der Waals surface area contributed by atoms with Crippen molar-refractivity contribution in [2.75, 3.05) is 20.7 Å². The van der Waals surface area contributed by atoms with E-state index in [2.05, 4.69) is 25.7 Å². The fourth-order valence-electron chi connectivity index (χ4n) is 3.89. The van der Waals surface area contributed by atoms with E-state index >= 15 is 0 Å². The summed E-state index contributed by atoms with van der Waals surface area (Å²) in [6.45, 7) is 1.84. The van der Waals surface area contributed by atoms with E-state index in [4.69, 9.17) is 4.74 Å². The minimum Gasteiger partial charge on any atom is -0.377 e. The van der Waals surface area contributed by atoms with Gasteiger partial charge >= 0.3 is 0 Å². The molecule has 1 saturated carbocycles. The quantitative estimate of drug-likeness (QED) is 0.585. The van der Waals surface area contributed by atoms with Gasteiger partial charge in [-0.25, -0.2) is 14.1 Å². The Morgan fingerprint density at radius 3 is 2.93 bits per heavy atom. The standard InChI is InChI=1S/C20H27FN6O/c1-22-19(23-13-20(9-10-20)15-5-3-4-6-16(15)21)24-14-7-8-18-25-17(12-28-2)26-27(18)11-14/h3-6,14H,7-13H2,1-2H3,(H2,22,23,24). The van der Waals surface area contributed by atoms with Gasteiger partial charge in [-0.05, 0) is 30.9 Å². The average Bonchev–Trinajstić information content (AvgIpc) is 3.38. The summed E-state index contributed by atoms with van der Waals surface area (Å²) in [4.78, 5) is 8.87. The number of ether oxygens (including phenoxy) is 1. The summed E-state index contributed by atoms with van der Waals surface area (Å²) in [7, 11) is 3.41. The number of hydrogen-bond donors (Lipinski definition) is 2. The van der Waals surface area contributed by atoms with Crippen LogP contribution in [-0.2, 0) is 29.7 Å². The van der Waals surface area contributed by atoms with Crippen molar-refractivity contribution in [1.29, 1.82) is 0 Å². The topological polar surface area (TPSA) is 76.4 Å². The normalized spacial score (nSPS) is 20.5. The van der Waals surface area contributed by atoms with Crippen LogP contribution < -0.4 is 10.6 Å². The summed E-state index contributed by atoms with van der Waals surface area (Å²) >= 11 is 0. The van der Waals surface area contributed by atoms with Crippen LogP contribution in [0.4, 0.5) is 4.39 Å². The second-order valence-corrected chi connectivity index (χ2v) is 7.63. The van der Waals surface area contributed by atoms with Crippen LogP contribution in [0.25, 0.3) is 0 Å². The van der Waals surface area contributed by atoms with Crippen molar-refractivity contribution in [2.24, 2.45) is 4.99 Å². The first-order chi connectivity index (χ1) is 13.6. The van der Waals surface area contributed by atoms with E-state index in [0.29, 0.717) is 13.2 Å². The Kier molecular flexibility index (Phi) is 5.30. The molecule has 2 heterocycles. The van der Waals surface area contributed by atoms with Crippen molar-refractivity contribution in [3.05, 3.63) is 47.3 Å². The Hall–Kier alpha value is -2.48. The molecule has 2 N–H and O–H groups in total. The lowest BCUT2D eigenvalue weighted by Gasteiger charge is -2.26. The highest BCUT2D eigenvalue weighted by atomic mass is 19.1. The molecule has 1 aliphatic carbocycles. The molecule has 4 rings (SSSR count). The maximum atomic E-state index is 14.2. The van der Waals surface area contributed by atoms with E-state index in [1.807, 2.05) is 16.8 Å². The number of aryl methyl sites for hydroxylation is 1. The molecule has 150 valence electrons. The van der Waals surface area contributed by atoms with Crippen LogP contribution in [0.3, 0.4) is 0 Å². The number of hydrogen-bond acceptors (Lipinski definition) is 4. The Labute approximate surface area is 164 Å². The maximum absolute atomic E-state index is 14.2. The van der Waals surface area contributed by atoms with E-state index < -0.39 is 0 Å². The first-order valence-electron chi connectivity index (χ1n) is 9.77. The van der Waals surface area contributed by atoms with E-state index in [1.165, 1.54) is 6.07 Å². The summed E-state index contributed by atoms with van der Waals surface area (Å²) in [6.07, 6.45) is 3.81. The third kappa shape index (κ3) is 3.87. The molecule has 0 radical (unpaired) electrons. The van der Waals surface area contributed by atoms with Crippen molar-refractivity contribution in [1.82, 2.24) is 25.4 Å². The second-order valence-electron chi connectivity index (χ2n) is 7.63. The van der Waals surface area contributed by atoms with Crippen molar-refractivity contribution in [2.45, 2.75) is 50.3 Å². The third-order valence-electron chi connectivity index (χ3n) is 5.63. The van der Waals surface area contributed by atoms with E-state index in [-0.39, 0.29) is 17.3 Å². The number of aromatic nitrogens is 3. The van der Waals surface area contributed by atoms with Gasteiger partial charge in [-0.2, -0.15) is 5.10 Å². The van der Waals surface area contributed by atoms with E-state index in [0.717, 1.165) is 55.4 Å². The van der Waals surface area contributed by atoms with Gasteiger partial charge < -0.3 is 15.4 Å². The first-order valence-corrected chi connectivity index (χ1v) is 9.77. The molecule has 1 fully saturated rings. The summed E-state index contributed by atoms with van der Waals surface area (Å²) < 4.78 is 21.3. The molecule has 7 nitrogen and oxygen atoms in total. The van der Waals surface area contributed by atoms with Gasteiger partial charge in [-0.3, -0.25) is 4.99 Å². The molecule has 0 bridgehead atoms. The summed E-state index contributed by atoms with van der Waals surface area (Å²) in [5.74, 6) is 2.35. The highest BCUT2D eigenvalue weighted by Gasteiger charge is 2.45. The maximum Gasteiger partial charge on any atom is 0.191 e. The zero-order valence-corrected chi connectivity index (χ0v) is 16.4. The molecule has 1 atom stereocenters. The molecule has 0 saturated heterocycles. The van der Waals surface area contributed by atoms with Gasteiger partial charge in [-0.15, -0.1) is 0 Å². The zero-order chi connectivity index (χ0) is 19.6. The monoisotopic (exact) mass is 386 g/mol. The first kappa shape index (κ1) is 18.9. The van der Waals surface area contributed by atoms with Crippen LogP contribution in [-0.4, -0.2) is 47.5 Å². The molecule has 0 amide bonds. The third-order valence-corrected chi connectivity index (χ3v) is 5.63. The van der Waals surface area contributed by atoms with Crippen molar-refractivity contribution >= 4 is 5.96 Å². The van der Waals surface area contributed by atoms with Crippen molar-refractivity contribution < 1.29 is 9.13 Å². The van der Waals surface area contributed by atoms with Gasteiger partial charge in [0.25, 0.3) is 0 Å². The SMILES string of the molecule is CN=C(NCC1(c2ccccc2F)CC1)NC1CCc2nc(COC)nn2C1. The van der Waals surface area contributed by atoms with Crippen LogP contribution in [0.15, 0.2) is 29.3 Å². The van der Waals surface area contributed by atoms with Gasteiger partial charge in [0, 0.05) is 38.6 Å². The van der Waals surface area contributed by atoms with Crippen LogP contribution >= 0.6 is 0 Å². The summed E-state index contributed by atoms with van der Waals surface area (Å²) in [6, 6.07) is 7.30. The molecule has 2 aromatic rings. The Bertz CT molecular complexity index is 860. The molecule has 1 aromatic carbocycles. The summed E-state index contributed by atoms with van der Waals surface area (Å²) in [5, 5.41) is 11.4. The number of benzene rings is 1. The number of nitrogens with one attached hydrogen (secondary N) is 2. The minimum atomic E-state index is -0.123. The Balaban J connectivity index is 1.35. The lowest BCUT2D eigenvalue weighted by atomic mass is 9.95. The predicted molar refractivity (Wildman–Crippen MR) is 105 cm³/mol. The van der Waals surface area contributed by atoms with Gasteiger partial charge in [0.15, 0.2) is 11.8 Å². The predicted octanol–water partition coefficient (Wildman–Crippen LogP) is 1.78. The lowest BCUT2D eigenvalue weighted by molar-refractivity contribution is 0.177. The Morgan fingerprint density at radius 1 is 1.39 bits per heavy atom. The fourth-order valence-corrected chi connectivity index (χ4v) is 3.89. The van der Waals surface area contributed by atoms with Crippen LogP contribution in [0.1, 0.15) is 36.5 Å². The number of guanidine groups is 1. The molecular weight excluding hydrogens is 359 g/mol. The number of aliphatic imine (C=N–C) groups is 1. The van der Waals surface area contributed by atoms with Crippen LogP contribution in [0.5, 0.6) is 0 Å².